The zero-order chi connectivity index (χ0) is 18.1. The summed E-state index contributed by atoms with van der Waals surface area (Å²) in [6.07, 6.45) is -4.68. The highest BCUT2D eigenvalue weighted by Gasteiger charge is 2.49. The maximum absolute atomic E-state index is 13.3. The van der Waals surface area contributed by atoms with Gasteiger partial charge in [-0.25, -0.2) is 5.01 Å². The first-order valence-corrected chi connectivity index (χ1v) is 7.58. The quantitative estimate of drug-likeness (QED) is 0.796. The van der Waals surface area contributed by atoms with Crippen LogP contribution in [-0.2, 0) is 14.4 Å². The second-order valence-corrected chi connectivity index (χ2v) is 5.95. The van der Waals surface area contributed by atoms with Crippen LogP contribution < -0.4 is 5.32 Å². The predicted octanol–water partition coefficient (Wildman–Crippen LogP) is 0.653. The number of carbonyl (C=O) groups is 3. The van der Waals surface area contributed by atoms with Gasteiger partial charge in [-0.1, -0.05) is 0 Å². The lowest BCUT2D eigenvalue weighted by atomic mass is 9.96. The Bertz CT molecular complexity index is 576. The average Bonchev–Trinajstić information content (AvgIpc) is 2.47. The van der Waals surface area contributed by atoms with Crippen molar-refractivity contribution in [2.45, 2.75) is 50.9 Å². The Morgan fingerprint density at radius 2 is 1.92 bits per heavy atom. The Hall–Kier alpha value is -2.13. The van der Waals surface area contributed by atoms with Crippen molar-refractivity contribution in [2.24, 2.45) is 5.10 Å². The first-order chi connectivity index (χ1) is 11.1. The van der Waals surface area contributed by atoms with Crippen LogP contribution in [0.5, 0.6) is 0 Å². The van der Waals surface area contributed by atoms with Crippen LogP contribution in [0.1, 0.15) is 32.6 Å². The highest BCUT2D eigenvalue weighted by molar-refractivity contribution is 6.39. The van der Waals surface area contributed by atoms with E-state index in [1.165, 1.54) is 14.0 Å². The summed E-state index contributed by atoms with van der Waals surface area (Å²) < 4.78 is 39.8. The average molecular weight is 348 g/mol. The molecule has 3 amide bonds. The number of hydrogen-bond acceptors (Lipinski definition) is 4. The summed E-state index contributed by atoms with van der Waals surface area (Å²) in [6.45, 7) is 1.03. The number of likely N-dealkylation sites (tertiary alicyclic amines) is 1. The Morgan fingerprint density at radius 1 is 1.25 bits per heavy atom. The molecule has 2 aliphatic heterocycles. The molecule has 0 bridgehead atoms. The van der Waals surface area contributed by atoms with Crippen molar-refractivity contribution in [1.82, 2.24) is 15.2 Å². The van der Waals surface area contributed by atoms with Gasteiger partial charge >= 0.3 is 6.18 Å². The molecule has 0 aromatic heterocycles. The Kier molecular flexibility index (Phi) is 5.14. The summed E-state index contributed by atoms with van der Waals surface area (Å²) in [6, 6.07) is -2.45. The van der Waals surface area contributed by atoms with E-state index in [1.54, 1.807) is 0 Å². The summed E-state index contributed by atoms with van der Waals surface area (Å²) in [5.74, 6) is -1.50. The van der Waals surface area contributed by atoms with Gasteiger partial charge in [-0.15, -0.1) is 0 Å². The molecule has 0 aromatic rings. The molecule has 10 heteroatoms. The topological polar surface area (TPSA) is 82.1 Å². The molecule has 134 valence electrons. The van der Waals surface area contributed by atoms with Crippen LogP contribution in [0.2, 0.25) is 0 Å². The molecule has 0 unspecified atom stereocenters. The molecule has 1 N–H and O–H groups in total. The standard InChI is InChI=1S/C14H19F3N4O3/c1-8(22)18-9-3-5-11(14(15,16)17)21(7-9)13(24)10-4-6-12(23)20(2)19-10/h9,11H,3-7H2,1-2H3,(H,18,22)/t9-,11+/m0/s1. The second-order valence-electron chi connectivity index (χ2n) is 5.95. The van der Waals surface area contributed by atoms with Crippen LogP contribution in [0, 0.1) is 0 Å². The molecule has 0 saturated carbocycles. The van der Waals surface area contributed by atoms with Gasteiger partial charge in [-0.2, -0.15) is 18.3 Å². The van der Waals surface area contributed by atoms with E-state index in [1.807, 2.05) is 0 Å². The largest absolute Gasteiger partial charge is 0.408 e. The zero-order valence-electron chi connectivity index (χ0n) is 13.4. The van der Waals surface area contributed by atoms with E-state index in [2.05, 4.69) is 10.4 Å². The lowest BCUT2D eigenvalue weighted by Gasteiger charge is -2.40. The third-order valence-electron chi connectivity index (χ3n) is 4.08. The summed E-state index contributed by atoms with van der Waals surface area (Å²) in [5, 5.41) is 7.31. The van der Waals surface area contributed by atoms with Crippen LogP contribution in [0.3, 0.4) is 0 Å². The number of alkyl halides is 3. The molecule has 1 fully saturated rings. The van der Waals surface area contributed by atoms with E-state index < -0.39 is 24.2 Å². The number of rotatable bonds is 2. The number of nitrogens with one attached hydrogen (secondary N) is 1. The van der Waals surface area contributed by atoms with Gasteiger partial charge in [0, 0.05) is 39.4 Å². The molecule has 2 atom stereocenters. The first kappa shape index (κ1) is 18.2. The number of amides is 3. The van der Waals surface area contributed by atoms with Crippen molar-refractivity contribution in [2.75, 3.05) is 13.6 Å². The molecular formula is C14H19F3N4O3. The van der Waals surface area contributed by atoms with E-state index in [-0.39, 0.29) is 49.8 Å². The van der Waals surface area contributed by atoms with Gasteiger partial charge in [0.1, 0.15) is 11.8 Å². The number of piperidine rings is 1. The molecule has 0 spiro atoms. The van der Waals surface area contributed by atoms with Gasteiger partial charge in [0.05, 0.1) is 0 Å². The summed E-state index contributed by atoms with van der Waals surface area (Å²) in [4.78, 5) is 35.8. The molecule has 0 radical (unpaired) electrons. The smallest absolute Gasteiger partial charge is 0.352 e. The highest BCUT2D eigenvalue weighted by atomic mass is 19.4. The van der Waals surface area contributed by atoms with Crippen LogP contribution in [0.4, 0.5) is 13.2 Å². The number of hydrazone groups is 1. The van der Waals surface area contributed by atoms with Gasteiger partial charge in [-0.05, 0) is 12.8 Å². The third kappa shape index (κ3) is 4.04. The molecule has 2 rings (SSSR count). The molecule has 7 nitrogen and oxygen atoms in total. The molecule has 0 aliphatic carbocycles. The van der Waals surface area contributed by atoms with Gasteiger partial charge in [0.2, 0.25) is 11.8 Å². The molecular weight excluding hydrogens is 329 g/mol. The van der Waals surface area contributed by atoms with Crippen molar-refractivity contribution in [3.63, 3.8) is 0 Å². The van der Waals surface area contributed by atoms with Gasteiger partial charge in [-0.3, -0.25) is 14.4 Å². The molecule has 0 aromatic carbocycles. The maximum Gasteiger partial charge on any atom is 0.408 e. The van der Waals surface area contributed by atoms with Crippen molar-refractivity contribution >= 4 is 23.4 Å². The Morgan fingerprint density at radius 3 is 2.46 bits per heavy atom. The summed E-state index contributed by atoms with van der Waals surface area (Å²) >= 11 is 0. The molecule has 2 aliphatic rings. The lowest BCUT2D eigenvalue weighted by Crippen LogP contribution is -2.59. The highest BCUT2D eigenvalue weighted by Crippen LogP contribution is 2.32. The number of hydrogen-bond donors (Lipinski definition) is 1. The van der Waals surface area contributed by atoms with Crippen molar-refractivity contribution < 1.29 is 27.6 Å². The normalized spacial score (nSPS) is 25.4. The number of carbonyl (C=O) groups excluding carboxylic acids is 3. The van der Waals surface area contributed by atoms with Gasteiger partial charge in [0.25, 0.3) is 5.91 Å². The van der Waals surface area contributed by atoms with E-state index in [4.69, 9.17) is 0 Å². The minimum atomic E-state index is -4.56. The van der Waals surface area contributed by atoms with E-state index in [0.29, 0.717) is 4.90 Å². The van der Waals surface area contributed by atoms with Crippen LogP contribution in [-0.4, -0.2) is 65.2 Å². The van der Waals surface area contributed by atoms with Crippen LogP contribution in [0.15, 0.2) is 5.10 Å². The summed E-state index contributed by atoms with van der Waals surface area (Å²) in [5.41, 5.74) is -0.0742. The minimum absolute atomic E-state index is 0.00782. The SMILES string of the molecule is CC(=O)N[C@H]1CC[C@H](C(F)(F)F)N(C(=O)C2=NN(C)C(=O)CC2)C1. The van der Waals surface area contributed by atoms with Crippen molar-refractivity contribution in [3.05, 3.63) is 0 Å². The van der Waals surface area contributed by atoms with E-state index in [9.17, 15) is 27.6 Å². The molecule has 24 heavy (non-hydrogen) atoms. The molecule has 2 heterocycles. The van der Waals surface area contributed by atoms with Crippen molar-refractivity contribution in [3.8, 4) is 0 Å². The van der Waals surface area contributed by atoms with E-state index >= 15 is 0 Å². The third-order valence-corrected chi connectivity index (χ3v) is 4.08. The van der Waals surface area contributed by atoms with Gasteiger partial charge in [0.15, 0.2) is 0 Å². The number of nitrogens with zero attached hydrogens (tertiary/aromatic N) is 3. The maximum atomic E-state index is 13.3. The predicted molar refractivity (Wildman–Crippen MR) is 77.8 cm³/mol. The number of halogens is 3. The van der Waals surface area contributed by atoms with Crippen molar-refractivity contribution in [1.29, 1.82) is 0 Å². The lowest BCUT2D eigenvalue weighted by molar-refractivity contribution is -0.194. The monoisotopic (exact) mass is 348 g/mol. The fourth-order valence-electron chi connectivity index (χ4n) is 2.93. The summed E-state index contributed by atoms with van der Waals surface area (Å²) in [7, 11) is 1.35. The Balaban J connectivity index is 2.23. The van der Waals surface area contributed by atoms with Gasteiger partial charge < -0.3 is 10.2 Å². The minimum Gasteiger partial charge on any atom is -0.352 e. The fourth-order valence-corrected chi connectivity index (χ4v) is 2.93. The zero-order valence-corrected chi connectivity index (χ0v) is 13.4. The molecule has 1 saturated heterocycles. The fraction of sp³-hybridized carbons (Fsp3) is 0.714. The van der Waals surface area contributed by atoms with Crippen LogP contribution in [0.25, 0.3) is 0 Å². The van der Waals surface area contributed by atoms with Crippen LogP contribution >= 0.6 is 0 Å². The first-order valence-electron chi connectivity index (χ1n) is 7.58. The van der Waals surface area contributed by atoms with E-state index in [0.717, 1.165) is 5.01 Å². The second kappa shape index (κ2) is 6.78. The Labute approximate surface area is 136 Å².